The van der Waals surface area contributed by atoms with Crippen molar-refractivity contribution in [3.8, 4) is 0 Å². The van der Waals surface area contributed by atoms with E-state index in [4.69, 9.17) is 4.74 Å². The largest absolute Gasteiger partial charge is 0.381 e. The molecule has 0 N–H and O–H groups in total. The molecule has 0 radical (unpaired) electrons. The minimum atomic E-state index is -0.370. The Balaban J connectivity index is 1.98. The predicted molar refractivity (Wildman–Crippen MR) is 127 cm³/mol. The van der Waals surface area contributed by atoms with E-state index < -0.39 is 0 Å². The molecule has 1 saturated heterocycles. The highest BCUT2D eigenvalue weighted by Crippen LogP contribution is 2.44. The Labute approximate surface area is 182 Å². The van der Waals surface area contributed by atoms with Crippen LogP contribution in [0.25, 0.3) is 0 Å². The summed E-state index contributed by atoms with van der Waals surface area (Å²) in [5, 5.41) is 0. The second-order valence-electron chi connectivity index (χ2n) is 9.51. The molecule has 0 bridgehead atoms. The van der Waals surface area contributed by atoms with Gasteiger partial charge in [-0.05, 0) is 22.1 Å². The van der Waals surface area contributed by atoms with Crippen molar-refractivity contribution in [3.63, 3.8) is 0 Å². The van der Waals surface area contributed by atoms with Gasteiger partial charge in [0.25, 0.3) is 0 Å². The van der Waals surface area contributed by atoms with Crippen LogP contribution in [0.4, 0.5) is 0 Å². The van der Waals surface area contributed by atoms with Crippen molar-refractivity contribution in [2.24, 2.45) is 5.41 Å². The van der Waals surface area contributed by atoms with Crippen LogP contribution in [0, 0.1) is 5.41 Å². The van der Waals surface area contributed by atoms with Crippen molar-refractivity contribution in [1.82, 2.24) is 4.90 Å². The summed E-state index contributed by atoms with van der Waals surface area (Å²) in [6.07, 6.45) is 0.164. The number of morpholine rings is 1. The van der Waals surface area contributed by atoms with E-state index >= 15 is 0 Å². The van der Waals surface area contributed by atoms with Crippen molar-refractivity contribution in [2.45, 2.75) is 38.4 Å². The maximum absolute atomic E-state index is 6.44. The van der Waals surface area contributed by atoms with Crippen molar-refractivity contribution >= 4 is 7.85 Å². The van der Waals surface area contributed by atoms with E-state index in [0.717, 1.165) is 13.1 Å². The molecule has 3 aromatic carbocycles. The first-order valence-corrected chi connectivity index (χ1v) is 11.0. The SMILES string of the molecule is BC1CN(C(c2ccccc2)(c2ccccc2)c2ccccc2)CC(C(C)(C)C)O1. The highest BCUT2D eigenvalue weighted by atomic mass is 16.5. The molecule has 154 valence electrons. The van der Waals surface area contributed by atoms with Gasteiger partial charge in [-0.15, -0.1) is 0 Å². The highest BCUT2D eigenvalue weighted by molar-refractivity contribution is 6.11. The van der Waals surface area contributed by atoms with E-state index in [2.05, 4.69) is 125 Å². The van der Waals surface area contributed by atoms with Crippen molar-refractivity contribution in [1.29, 1.82) is 0 Å². The van der Waals surface area contributed by atoms with Gasteiger partial charge >= 0.3 is 0 Å². The maximum atomic E-state index is 6.44. The topological polar surface area (TPSA) is 12.5 Å². The molecule has 0 amide bonds. The lowest BCUT2D eigenvalue weighted by Crippen LogP contribution is -2.60. The van der Waals surface area contributed by atoms with Gasteiger partial charge in [0.15, 0.2) is 0 Å². The van der Waals surface area contributed by atoms with Crippen LogP contribution in [0.3, 0.4) is 0 Å². The molecular formula is C27H32BNO. The number of nitrogens with zero attached hydrogens (tertiary/aromatic N) is 1. The van der Waals surface area contributed by atoms with Gasteiger partial charge in [-0.25, -0.2) is 0 Å². The molecule has 1 aliphatic heterocycles. The minimum absolute atomic E-state index is 0.0722. The van der Waals surface area contributed by atoms with Crippen LogP contribution in [0.1, 0.15) is 37.5 Å². The summed E-state index contributed by atoms with van der Waals surface area (Å²) in [6, 6.07) is 33.0. The minimum Gasteiger partial charge on any atom is -0.381 e. The van der Waals surface area contributed by atoms with Crippen molar-refractivity contribution in [2.75, 3.05) is 13.1 Å². The molecule has 0 saturated carbocycles. The Bertz CT molecular complexity index is 840. The zero-order valence-corrected chi connectivity index (χ0v) is 18.6. The molecule has 1 heterocycles. The van der Waals surface area contributed by atoms with Crippen LogP contribution in [0.15, 0.2) is 91.0 Å². The summed E-state index contributed by atoms with van der Waals surface area (Å²) in [7, 11) is 2.20. The first-order chi connectivity index (χ1) is 14.4. The molecular weight excluding hydrogens is 365 g/mol. The van der Waals surface area contributed by atoms with Crippen LogP contribution in [0.2, 0.25) is 0 Å². The first-order valence-electron chi connectivity index (χ1n) is 11.0. The molecule has 0 aliphatic carbocycles. The molecule has 30 heavy (non-hydrogen) atoms. The highest BCUT2D eigenvalue weighted by Gasteiger charge is 2.46. The quantitative estimate of drug-likeness (QED) is 0.468. The van der Waals surface area contributed by atoms with Crippen LogP contribution >= 0.6 is 0 Å². The normalized spacial score (nSPS) is 20.8. The Morgan fingerprint density at radius 1 is 0.700 bits per heavy atom. The molecule has 2 unspecified atom stereocenters. The molecule has 0 spiro atoms. The average molecular weight is 397 g/mol. The molecule has 0 aromatic heterocycles. The standard InChI is InChI=1S/C27H32BNO/c1-26(2,3)24-19-29(20-25(28)30-24)27(21-13-7-4-8-14-21,22-15-9-5-10-16-22)23-17-11-6-12-18-23/h4-18,24-25H,19-20,28H2,1-3H3. The fraction of sp³-hybridized carbons (Fsp3) is 0.333. The van der Waals surface area contributed by atoms with Gasteiger partial charge in [0.1, 0.15) is 7.85 Å². The number of benzene rings is 3. The zero-order valence-electron chi connectivity index (χ0n) is 18.6. The van der Waals surface area contributed by atoms with Crippen molar-refractivity contribution < 1.29 is 4.74 Å². The Hall–Kier alpha value is -2.36. The van der Waals surface area contributed by atoms with Gasteiger partial charge < -0.3 is 4.74 Å². The molecule has 1 aliphatic rings. The fourth-order valence-electron chi connectivity index (χ4n) is 4.79. The summed E-state index contributed by atoms with van der Waals surface area (Å²) in [6.45, 7) is 8.60. The predicted octanol–water partition coefficient (Wildman–Crippen LogP) is 4.68. The van der Waals surface area contributed by atoms with Crippen LogP contribution in [-0.2, 0) is 10.3 Å². The maximum Gasteiger partial charge on any atom is 0.140 e. The first kappa shape index (κ1) is 20.9. The molecule has 2 atom stereocenters. The zero-order chi connectivity index (χ0) is 21.2. The lowest BCUT2D eigenvalue weighted by molar-refractivity contribution is -0.114. The van der Waals surface area contributed by atoms with Crippen LogP contribution in [0.5, 0.6) is 0 Å². The number of hydrogen-bond acceptors (Lipinski definition) is 2. The third-order valence-electron chi connectivity index (χ3n) is 6.28. The van der Waals surface area contributed by atoms with E-state index in [9.17, 15) is 0 Å². The number of ether oxygens (including phenoxy) is 1. The average Bonchev–Trinajstić information content (AvgIpc) is 2.76. The van der Waals surface area contributed by atoms with E-state index in [1.165, 1.54) is 16.7 Å². The van der Waals surface area contributed by atoms with Gasteiger partial charge in [-0.1, -0.05) is 112 Å². The second-order valence-corrected chi connectivity index (χ2v) is 9.51. The third-order valence-corrected chi connectivity index (χ3v) is 6.28. The molecule has 3 aromatic rings. The Morgan fingerprint density at radius 3 is 1.47 bits per heavy atom. The lowest BCUT2D eigenvalue weighted by Gasteiger charge is -2.52. The van der Waals surface area contributed by atoms with Gasteiger partial charge in [-0.2, -0.15) is 0 Å². The fourth-order valence-corrected chi connectivity index (χ4v) is 4.79. The molecule has 2 nitrogen and oxygen atoms in total. The molecule has 3 heteroatoms. The van der Waals surface area contributed by atoms with E-state index in [1.54, 1.807) is 0 Å². The summed E-state index contributed by atoms with van der Waals surface area (Å²) >= 11 is 0. The van der Waals surface area contributed by atoms with Gasteiger partial charge in [0.05, 0.1) is 11.6 Å². The summed E-state index contributed by atoms with van der Waals surface area (Å²) in [5.41, 5.74) is 3.59. The van der Waals surface area contributed by atoms with Crippen LogP contribution in [-0.4, -0.2) is 37.9 Å². The second kappa shape index (κ2) is 8.41. The summed E-state index contributed by atoms with van der Waals surface area (Å²) in [4.78, 5) is 2.65. The van der Waals surface area contributed by atoms with Gasteiger partial charge in [0, 0.05) is 19.1 Å². The van der Waals surface area contributed by atoms with Gasteiger partial charge in [0.2, 0.25) is 0 Å². The number of hydrogen-bond donors (Lipinski definition) is 0. The van der Waals surface area contributed by atoms with Gasteiger partial charge in [-0.3, -0.25) is 4.90 Å². The van der Waals surface area contributed by atoms with E-state index in [1.807, 2.05) is 0 Å². The lowest BCUT2D eigenvalue weighted by atomic mass is 9.73. The van der Waals surface area contributed by atoms with E-state index in [0.29, 0.717) is 0 Å². The molecule has 4 rings (SSSR count). The van der Waals surface area contributed by atoms with E-state index in [-0.39, 0.29) is 23.1 Å². The smallest absolute Gasteiger partial charge is 0.140 e. The monoisotopic (exact) mass is 397 g/mol. The Morgan fingerprint density at radius 2 is 1.10 bits per heavy atom. The summed E-state index contributed by atoms with van der Waals surface area (Å²) in [5.74, 6) is 0. The van der Waals surface area contributed by atoms with Crippen LogP contribution < -0.4 is 0 Å². The molecule has 1 fully saturated rings. The summed E-state index contributed by atoms with van der Waals surface area (Å²) < 4.78 is 6.44. The number of rotatable bonds is 4. The van der Waals surface area contributed by atoms with Crippen molar-refractivity contribution in [3.05, 3.63) is 108 Å². The Kier molecular flexibility index (Phi) is 5.86. The third kappa shape index (κ3) is 3.85.